The molecule has 118 valence electrons. The minimum Gasteiger partial charge on any atom is -0.318 e. The predicted octanol–water partition coefficient (Wildman–Crippen LogP) is 1.06. The molecule has 0 saturated carbocycles. The molecule has 0 aliphatic carbocycles. The van der Waals surface area contributed by atoms with Gasteiger partial charge in [-0.2, -0.15) is 9.40 Å². The lowest BCUT2D eigenvalue weighted by molar-refractivity contribution is 0.430. The van der Waals surface area contributed by atoms with Crippen molar-refractivity contribution in [2.24, 2.45) is 0 Å². The van der Waals surface area contributed by atoms with Crippen LogP contribution in [0.5, 0.6) is 0 Å². The Bertz CT molecular complexity index is 646. The van der Waals surface area contributed by atoms with Crippen LogP contribution in [0.1, 0.15) is 24.7 Å². The van der Waals surface area contributed by atoms with Crippen LogP contribution in [0, 0.1) is 13.8 Å². The van der Waals surface area contributed by atoms with Crippen LogP contribution in [0.3, 0.4) is 0 Å². The Labute approximate surface area is 126 Å². The molecule has 0 aromatic carbocycles. The highest BCUT2D eigenvalue weighted by Gasteiger charge is 2.31. The van der Waals surface area contributed by atoms with Crippen molar-refractivity contribution in [3.63, 3.8) is 0 Å². The first-order valence-corrected chi connectivity index (χ1v) is 8.66. The van der Waals surface area contributed by atoms with E-state index >= 15 is 0 Å². The zero-order valence-corrected chi connectivity index (χ0v) is 14.0. The van der Waals surface area contributed by atoms with Crippen LogP contribution >= 0.6 is 0 Å². The lowest BCUT2D eigenvalue weighted by Crippen LogP contribution is -2.35. The van der Waals surface area contributed by atoms with Crippen molar-refractivity contribution in [2.75, 3.05) is 26.7 Å². The van der Waals surface area contributed by atoms with Crippen LogP contribution in [0.15, 0.2) is 16.5 Å². The van der Waals surface area contributed by atoms with Gasteiger partial charge in [-0.3, -0.25) is 4.68 Å². The second kappa shape index (κ2) is 6.29. The molecule has 0 saturated heterocycles. The number of aromatic nitrogens is 2. The lowest BCUT2D eigenvalue weighted by atomic mass is 10.1. The van der Waals surface area contributed by atoms with E-state index in [1.165, 1.54) is 5.57 Å². The summed E-state index contributed by atoms with van der Waals surface area (Å²) in [5.74, 6) is 0. The molecule has 1 N–H and O–H groups in total. The Kier molecular flexibility index (Phi) is 4.85. The second-order valence-corrected chi connectivity index (χ2v) is 7.36. The lowest BCUT2D eigenvalue weighted by Gasteiger charge is -2.24. The monoisotopic (exact) mass is 312 g/mol. The number of nitrogens with zero attached hydrogens (tertiary/aromatic N) is 3. The Morgan fingerprint density at radius 3 is 2.62 bits per heavy atom. The van der Waals surface area contributed by atoms with Gasteiger partial charge in [-0.05, 0) is 34.2 Å². The van der Waals surface area contributed by atoms with E-state index in [0.29, 0.717) is 35.9 Å². The molecule has 7 heteroatoms. The number of nitrogens with one attached hydrogen (secondary N) is 1. The average Bonchev–Trinajstić information content (AvgIpc) is 2.72. The van der Waals surface area contributed by atoms with Crippen molar-refractivity contribution in [3.8, 4) is 0 Å². The summed E-state index contributed by atoms with van der Waals surface area (Å²) in [5, 5.41) is 7.43. The summed E-state index contributed by atoms with van der Waals surface area (Å²) in [6, 6.07) is 0. The molecular weight excluding hydrogens is 288 g/mol. The highest BCUT2D eigenvalue weighted by molar-refractivity contribution is 7.89. The van der Waals surface area contributed by atoms with Gasteiger partial charge in [0.25, 0.3) is 0 Å². The summed E-state index contributed by atoms with van der Waals surface area (Å²) in [4.78, 5) is 0.367. The van der Waals surface area contributed by atoms with E-state index in [0.717, 1.165) is 13.0 Å². The van der Waals surface area contributed by atoms with Crippen molar-refractivity contribution in [1.29, 1.82) is 0 Å². The molecule has 2 heterocycles. The number of aryl methyl sites for hydroxylation is 1. The van der Waals surface area contributed by atoms with E-state index in [1.54, 1.807) is 15.9 Å². The maximum absolute atomic E-state index is 12.9. The molecule has 0 spiro atoms. The minimum absolute atomic E-state index is 0.367. The number of likely N-dealkylation sites (N-methyl/N-ethyl adjacent to an activating group) is 1. The normalized spacial score (nSPS) is 17.0. The van der Waals surface area contributed by atoms with Crippen LogP contribution in [-0.4, -0.2) is 49.2 Å². The molecule has 0 amide bonds. The van der Waals surface area contributed by atoms with E-state index in [9.17, 15) is 8.42 Å². The van der Waals surface area contributed by atoms with Gasteiger partial charge in [0.2, 0.25) is 10.0 Å². The van der Waals surface area contributed by atoms with Crippen molar-refractivity contribution in [3.05, 3.63) is 23.0 Å². The molecule has 0 unspecified atom stereocenters. The molecular formula is C14H24N4O2S. The number of hydrogen-bond acceptors (Lipinski definition) is 4. The molecule has 0 bridgehead atoms. The Hall–Kier alpha value is -1.18. The van der Waals surface area contributed by atoms with Gasteiger partial charge in [-0.25, -0.2) is 8.42 Å². The molecule has 1 aliphatic rings. The van der Waals surface area contributed by atoms with Crippen LogP contribution in [0.2, 0.25) is 0 Å². The summed E-state index contributed by atoms with van der Waals surface area (Å²) in [7, 11) is -1.60. The molecule has 2 rings (SSSR count). The van der Waals surface area contributed by atoms with Gasteiger partial charge in [0.1, 0.15) is 4.90 Å². The molecule has 1 aromatic heterocycles. The van der Waals surface area contributed by atoms with Gasteiger partial charge in [-0.1, -0.05) is 11.6 Å². The van der Waals surface area contributed by atoms with Crippen molar-refractivity contribution in [2.45, 2.75) is 38.6 Å². The van der Waals surface area contributed by atoms with E-state index in [2.05, 4.69) is 10.4 Å². The van der Waals surface area contributed by atoms with Gasteiger partial charge >= 0.3 is 0 Å². The topological polar surface area (TPSA) is 67.2 Å². The van der Waals surface area contributed by atoms with Gasteiger partial charge in [0.15, 0.2) is 0 Å². The zero-order valence-electron chi connectivity index (χ0n) is 13.2. The first-order valence-electron chi connectivity index (χ1n) is 7.22. The van der Waals surface area contributed by atoms with Crippen LogP contribution in [0.25, 0.3) is 0 Å². The predicted molar refractivity (Wildman–Crippen MR) is 82.8 cm³/mol. The molecule has 0 atom stereocenters. The summed E-state index contributed by atoms with van der Waals surface area (Å²) >= 11 is 0. The average molecular weight is 312 g/mol. The Morgan fingerprint density at radius 2 is 2.05 bits per heavy atom. The van der Waals surface area contributed by atoms with E-state index < -0.39 is 10.0 Å². The maximum atomic E-state index is 12.9. The van der Waals surface area contributed by atoms with Crippen LogP contribution < -0.4 is 5.32 Å². The summed E-state index contributed by atoms with van der Waals surface area (Å²) in [6.45, 7) is 8.05. The third-order valence-electron chi connectivity index (χ3n) is 3.89. The number of hydrogen-bond donors (Lipinski definition) is 1. The summed E-state index contributed by atoms with van der Waals surface area (Å²) < 4.78 is 29.0. The largest absolute Gasteiger partial charge is 0.318 e. The van der Waals surface area contributed by atoms with Crippen molar-refractivity contribution in [1.82, 2.24) is 19.4 Å². The third-order valence-corrected chi connectivity index (χ3v) is 6.00. The summed E-state index contributed by atoms with van der Waals surface area (Å²) in [6.07, 6.45) is 2.78. The van der Waals surface area contributed by atoms with Crippen molar-refractivity contribution >= 4 is 10.0 Å². The smallest absolute Gasteiger partial charge is 0.247 e. The van der Waals surface area contributed by atoms with E-state index in [-0.39, 0.29) is 0 Å². The second-order valence-electron chi connectivity index (χ2n) is 5.49. The van der Waals surface area contributed by atoms with Crippen LogP contribution in [-0.2, 0) is 16.6 Å². The minimum atomic E-state index is -3.47. The fourth-order valence-corrected chi connectivity index (χ4v) is 4.34. The first kappa shape index (κ1) is 16.2. The van der Waals surface area contributed by atoms with E-state index in [4.69, 9.17) is 0 Å². The molecule has 1 aromatic rings. The number of rotatable bonds is 5. The maximum Gasteiger partial charge on any atom is 0.247 e. The molecule has 21 heavy (non-hydrogen) atoms. The van der Waals surface area contributed by atoms with Crippen molar-refractivity contribution < 1.29 is 8.42 Å². The fraction of sp³-hybridized carbons (Fsp3) is 0.643. The molecule has 1 aliphatic heterocycles. The highest BCUT2D eigenvalue weighted by Crippen LogP contribution is 2.25. The highest BCUT2D eigenvalue weighted by atomic mass is 32.2. The molecule has 0 radical (unpaired) electrons. The molecule has 0 fully saturated rings. The standard InChI is InChI=1S/C14H24N4O2S/c1-11-5-8-17(9-6-11)21(19,20)14-12(2)16-18(13(14)3)10-7-15-4/h5,15H,6-10H2,1-4H3. The van der Waals surface area contributed by atoms with Gasteiger partial charge in [-0.15, -0.1) is 0 Å². The van der Waals surface area contributed by atoms with Gasteiger partial charge < -0.3 is 5.32 Å². The quantitative estimate of drug-likeness (QED) is 0.826. The Morgan fingerprint density at radius 1 is 1.33 bits per heavy atom. The van der Waals surface area contributed by atoms with Gasteiger partial charge in [0.05, 0.1) is 17.9 Å². The Balaban J connectivity index is 2.34. The van der Waals surface area contributed by atoms with Crippen LogP contribution in [0.4, 0.5) is 0 Å². The zero-order chi connectivity index (χ0) is 15.6. The molecule has 6 nitrogen and oxygen atoms in total. The van der Waals surface area contributed by atoms with E-state index in [1.807, 2.05) is 27.0 Å². The summed E-state index contributed by atoms with van der Waals surface area (Å²) in [5.41, 5.74) is 2.54. The van der Waals surface area contributed by atoms with Gasteiger partial charge in [0, 0.05) is 19.6 Å². The number of sulfonamides is 1. The fourth-order valence-electron chi connectivity index (χ4n) is 2.59. The third kappa shape index (κ3) is 3.20. The SMILES string of the molecule is CNCCn1nc(C)c(S(=O)(=O)N2CC=C(C)CC2)c1C. The first-order chi connectivity index (χ1) is 9.87.